The van der Waals surface area contributed by atoms with Gasteiger partial charge in [-0.05, 0) is 25.1 Å². The van der Waals surface area contributed by atoms with E-state index >= 15 is 0 Å². The van der Waals surface area contributed by atoms with Gasteiger partial charge in [-0.15, -0.1) is 0 Å². The van der Waals surface area contributed by atoms with Crippen LogP contribution in [0, 0.1) is 6.92 Å². The zero-order valence-electron chi connectivity index (χ0n) is 12.7. The van der Waals surface area contributed by atoms with E-state index in [0.717, 1.165) is 5.56 Å². The highest BCUT2D eigenvalue weighted by Gasteiger charge is 2.17. The van der Waals surface area contributed by atoms with Crippen LogP contribution in [-0.2, 0) is 0 Å². The van der Waals surface area contributed by atoms with Gasteiger partial charge < -0.3 is 4.52 Å². The van der Waals surface area contributed by atoms with Crippen LogP contribution in [0.5, 0.6) is 0 Å². The number of fused-ring (bicyclic) bond motifs is 1. The van der Waals surface area contributed by atoms with E-state index in [1.807, 2.05) is 30.3 Å². The molecule has 24 heavy (non-hydrogen) atoms. The molecule has 0 saturated heterocycles. The molecule has 0 atom stereocenters. The summed E-state index contributed by atoms with van der Waals surface area (Å²) in [4.78, 5) is 17.7. The average Bonchev–Trinajstić information content (AvgIpc) is 3.01. The van der Waals surface area contributed by atoms with Crippen LogP contribution in [-0.4, -0.2) is 14.7 Å². The molecule has 0 saturated carbocycles. The highest BCUT2D eigenvalue weighted by Crippen LogP contribution is 2.23. The van der Waals surface area contributed by atoms with Gasteiger partial charge in [0.1, 0.15) is 11.6 Å². The SMILES string of the molecule is Cc1cc(-n2c(-c3ccccc3)nc3cc(Cl)ccc3c2=O)no1. The molecule has 0 amide bonds. The van der Waals surface area contributed by atoms with E-state index in [4.69, 9.17) is 16.1 Å². The monoisotopic (exact) mass is 337 g/mol. The van der Waals surface area contributed by atoms with Crippen molar-refractivity contribution in [3.05, 3.63) is 75.7 Å². The lowest BCUT2D eigenvalue weighted by Crippen LogP contribution is -2.22. The van der Waals surface area contributed by atoms with E-state index in [1.54, 1.807) is 31.2 Å². The maximum absolute atomic E-state index is 13.0. The first kappa shape index (κ1) is 14.7. The van der Waals surface area contributed by atoms with Crippen LogP contribution in [0.1, 0.15) is 5.76 Å². The number of benzene rings is 2. The number of hydrogen-bond acceptors (Lipinski definition) is 4. The number of hydrogen-bond donors (Lipinski definition) is 0. The minimum Gasteiger partial charge on any atom is -0.360 e. The van der Waals surface area contributed by atoms with Crippen LogP contribution in [0.15, 0.2) is 63.9 Å². The fourth-order valence-electron chi connectivity index (χ4n) is 2.61. The van der Waals surface area contributed by atoms with Crippen LogP contribution in [0.25, 0.3) is 28.1 Å². The van der Waals surface area contributed by atoms with Gasteiger partial charge in [0, 0.05) is 16.7 Å². The molecule has 2 aromatic carbocycles. The first-order valence-corrected chi connectivity index (χ1v) is 7.73. The van der Waals surface area contributed by atoms with Gasteiger partial charge >= 0.3 is 0 Å². The van der Waals surface area contributed by atoms with Crippen molar-refractivity contribution in [3.8, 4) is 17.2 Å². The Kier molecular flexibility index (Phi) is 3.43. The standard InChI is InChI=1S/C18H12ClN3O2/c1-11-9-16(21-24-11)22-17(12-5-3-2-4-6-12)20-15-10-13(19)7-8-14(15)18(22)23/h2-10H,1H3. The predicted octanol–water partition coefficient (Wildman–Crippen LogP) is 4.00. The van der Waals surface area contributed by atoms with Gasteiger partial charge in [0.2, 0.25) is 0 Å². The Morgan fingerprint density at radius 2 is 1.88 bits per heavy atom. The molecule has 6 heteroatoms. The van der Waals surface area contributed by atoms with Crippen molar-refractivity contribution in [2.75, 3.05) is 0 Å². The average molecular weight is 338 g/mol. The van der Waals surface area contributed by atoms with Crippen LogP contribution in [0.3, 0.4) is 0 Å². The van der Waals surface area contributed by atoms with Crippen molar-refractivity contribution in [2.45, 2.75) is 6.92 Å². The Morgan fingerprint density at radius 3 is 2.58 bits per heavy atom. The molecule has 0 aliphatic heterocycles. The lowest BCUT2D eigenvalue weighted by atomic mass is 10.2. The Balaban J connectivity index is 2.13. The number of aromatic nitrogens is 3. The summed E-state index contributed by atoms with van der Waals surface area (Å²) in [6.07, 6.45) is 0. The zero-order valence-corrected chi connectivity index (χ0v) is 13.5. The second-order valence-corrected chi connectivity index (χ2v) is 5.84. The van der Waals surface area contributed by atoms with Gasteiger partial charge in [-0.1, -0.05) is 47.1 Å². The van der Waals surface area contributed by atoms with Gasteiger partial charge in [0.25, 0.3) is 5.56 Å². The fraction of sp³-hybridized carbons (Fsp3) is 0.0556. The van der Waals surface area contributed by atoms with Crippen LogP contribution >= 0.6 is 11.6 Å². The Labute approximate surface area is 142 Å². The van der Waals surface area contributed by atoms with E-state index in [2.05, 4.69) is 10.1 Å². The minimum absolute atomic E-state index is 0.219. The van der Waals surface area contributed by atoms with Gasteiger partial charge in [0.05, 0.1) is 10.9 Å². The minimum atomic E-state index is -0.219. The van der Waals surface area contributed by atoms with Gasteiger partial charge in [-0.2, -0.15) is 0 Å². The molecule has 0 bridgehead atoms. The summed E-state index contributed by atoms with van der Waals surface area (Å²) in [5.41, 5.74) is 1.13. The lowest BCUT2D eigenvalue weighted by molar-refractivity contribution is 0.394. The topological polar surface area (TPSA) is 60.9 Å². The molecule has 0 aliphatic carbocycles. The summed E-state index contributed by atoms with van der Waals surface area (Å²) in [5.74, 6) is 1.51. The number of halogens is 1. The van der Waals surface area contributed by atoms with Crippen LogP contribution in [0.2, 0.25) is 5.02 Å². The highest BCUT2D eigenvalue weighted by atomic mass is 35.5. The lowest BCUT2D eigenvalue weighted by Gasteiger charge is -2.11. The number of nitrogens with zero attached hydrogens (tertiary/aromatic N) is 3. The maximum Gasteiger partial charge on any atom is 0.267 e. The first-order chi connectivity index (χ1) is 11.6. The molecular weight excluding hydrogens is 326 g/mol. The second-order valence-electron chi connectivity index (χ2n) is 5.40. The van der Waals surface area contributed by atoms with Crippen molar-refractivity contribution >= 4 is 22.5 Å². The van der Waals surface area contributed by atoms with E-state index in [0.29, 0.717) is 33.3 Å². The van der Waals surface area contributed by atoms with E-state index in [9.17, 15) is 4.79 Å². The zero-order chi connectivity index (χ0) is 16.7. The summed E-state index contributed by atoms with van der Waals surface area (Å²) < 4.78 is 6.60. The van der Waals surface area contributed by atoms with E-state index < -0.39 is 0 Å². The third-order valence-corrected chi connectivity index (χ3v) is 3.94. The third-order valence-electron chi connectivity index (χ3n) is 3.71. The summed E-state index contributed by atoms with van der Waals surface area (Å²) >= 11 is 6.05. The quantitative estimate of drug-likeness (QED) is 0.554. The molecule has 0 aliphatic rings. The van der Waals surface area contributed by atoms with Gasteiger partial charge in [-0.25, -0.2) is 9.55 Å². The normalized spacial score (nSPS) is 11.1. The fourth-order valence-corrected chi connectivity index (χ4v) is 2.78. The molecule has 2 heterocycles. The van der Waals surface area contributed by atoms with Gasteiger partial charge in [0.15, 0.2) is 5.82 Å². The van der Waals surface area contributed by atoms with Crippen molar-refractivity contribution in [1.29, 1.82) is 0 Å². The van der Waals surface area contributed by atoms with Gasteiger partial charge in [-0.3, -0.25) is 4.79 Å². The second kappa shape index (κ2) is 5.62. The molecule has 2 aromatic heterocycles. The van der Waals surface area contributed by atoms with E-state index in [1.165, 1.54) is 4.57 Å². The predicted molar refractivity (Wildman–Crippen MR) is 92.6 cm³/mol. The van der Waals surface area contributed by atoms with Crippen molar-refractivity contribution < 1.29 is 4.52 Å². The molecule has 0 N–H and O–H groups in total. The van der Waals surface area contributed by atoms with Crippen molar-refractivity contribution in [3.63, 3.8) is 0 Å². The third kappa shape index (κ3) is 2.39. The maximum atomic E-state index is 13.0. The molecule has 4 aromatic rings. The molecule has 0 spiro atoms. The number of aryl methyl sites for hydroxylation is 1. The smallest absolute Gasteiger partial charge is 0.267 e. The molecule has 0 radical (unpaired) electrons. The summed E-state index contributed by atoms with van der Waals surface area (Å²) in [5, 5.41) is 4.98. The highest BCUT2D eigenvalue weighted by molar-refractivity contribution is 6.31. The molecule has 0 unspecified atom stereocenters. The molecule has 4 rings (SSSR count). The summed E-state index contributed by atoms with van der Waals surface area (Å²) in [7, 11) is 0. The largest absolute Gasteiger partial charge is 0.360 e. The summed E-state index contributed by atoms with van der Waals surface area (Å²) in [6.45, 7) is 1.78. The molecule has 0 fully saturated rings. The van der Waals surface area contributed by atoms with Crippen molar-refractivity contribution in [2.24, 2.45) is 0 Å². The summed E-state index contributed by atoms with van der Waals surface area (Å²) in [6, 6.07) is 16.2. The van der Waals surface area contributed by atoms with Crippen molar-refractivity contribution in [1.82, 2.24) is 14.7 Å². The Bertz CT molecular complexity index is 1100. The molecule has 5 nitrogen and oxygen atoms in total. The number of rotatable bonds is 2. The molecule has 118 valence electrons. The first-order valence-electron chi connectivity index (χ1n) is 7.35. The Hall–Kier alpha value is -2.92. The Morgan fingerprint density at radius 1 is 1.08 bits per heavy atom. The van der Waals surface area contributed by atoms with Crippen LogP contribution in [0.4, 0.5) is 0 Å². The molecular formula is C18H12ClN3O2. The van der Waals surface area contributed by atoms with Crippen LogP contribution < -0.4 is 5.56 Å². The van der Waals surface area contributed by atoms with E-state index in [-0.39, 0.29) is 5.56 Å².